The fourth-order valence-corrected chi connectivity index (χ4v) is 3.86. The number of fused-ring (bicyclic) bond motifs is 3. The molecule has 0 aromatic carbocycles. The maximum atomic E-state index is 12.6. The van der Waals surface area contributed by atoms with E-state index in [-0.39, 0.29) is 11.9 Å². The molecule has 4 nitrogen and oxygen atoms in total. The summed E-state index contributed by atoms with van der Waals surface area (Å²) in [4.78, 5) is 15.0. The Morgan fingerprint density at radius 3 is 2.65 bits per heavy atom. The first-order chi connectivity index (χ1) is 9.54. The smallest absolute Gasteiger partial charge is 0.268 e. The van der Waals surface area contributed by atoms with Gasteiger partial charge in [0, 0.05) is 29.3 Å². The van der Waals surface area contributed by atoms with Crippen molar-refractivity contribution in [1.29, 1.82) is 0 Å². The lowest BCUT2D eigenvalue weighted by Crippen LogP contribution is -2.57. The third-order valence-corrected chi connectivity index (χ3v) is 5.01. The second-order valence-corrected chi connectivity index (χ2v) is 7.18. The van der Waals surface area contributed by atoms with Gasteiger partial charge in [-0.25, -0.2) is 0 Å². The molecule has 3 fully saturated rings. The number of hydrogen-bond donors (Lipinski definition) is 1. The molecule has 0 radical (unpaired) electrons. The average molecular weight is 340 g/mol. The standard InChI is InChI=1S/C15H22BrN3O/c1-10(2)19-8-12(16)7-14(19)15(20)17-13-9-18-5-3-11(13)4-6-18/h7-8,10-11,13H,3-6,9H2,1-2H3,(H,17,20). The van der Waals surface area contributed by atoms with Gasteiger partial charge in [-0.3, -0.25) is 4.79 Å². The van der Waals surface area contributed by atoms with E-state index < -0.39 is 0 Å². The van der Waals surface area contributed by atoms with Gasteiger partial charge >= 0.3 is 0 Å². The van der Waals surface area contributed by atoms with Crippen LogP contribution >= 0.6 is 15.9 Å². The zero-order valence-corrected chi connectivity index (χ0v) is 13.7. The number of rotatable bonds is 3. The number of carbonyl (C=O) groups excluding carboxylic acids is 1. The van der Waals surface area contributed by atoms with Crippen LogP contribution in [0.15, 0.2) is 16.7 Å². The molecular formula is C15H22BrN3O. The SMILES string of the molecule is CC(C)n1cc(Br)cc1C(=O)NC1CN2CCC1CC2. The van der Waals surface area contributed by atoms with Crippen LogP contribution < -0.4 is 5.32 Å². The van der Waals surface area contributed by atoms with E-state index in [0.29, 0.717) is 12.0 Å². The summed E-state index contributed by atoms with van der Waals surface area (Å²) in [5, 5.41) is 3.25. The Morgan fingerprint density at radius 2 is 2.10 bits per heavy atom. The molecule has 110 valence electrons. The molecule has 1 aromatic heterocycles. The molecule has 3 saturated heterocycles. The number of aromatic nitrogens is 1. The zero-order valence-electron chi connectivity index (χ0n) is 12.1. The number of nitrogens with one attached hydrogen (secondary N) is 1. The van der Waals surface area contributed by atoms with Crippen molar-refractivity contribution in [2.45, 2.75) is 38.8 Å². The molecule has 1 atom stereocenters. The van der Waals surface area contributed by atoms with Crippen LogP contribution in [-0.4, -0.2) is 41.1 Å². The average Bonchev–Trinajstić information content (AvgIpc) is 2.82. The Morgan fingerprint density at radius 1 is 1.40 bits per heavy atom. The first-order valence-corrected chi connectivity index (χ1v) is 8.24. The number of halogens is 1. The van der Waals surface area contributed by atoms with E-state index in [0.717, 1.165) is 16.7 Å². The molecule has 3 aliphatic heterocycles. The van der Waals surface area contributed by atoms with E-state index in [1.165, 1.54) is 25.9 Å². The molecular weight excluding hydrogens is 318 g/mol. The molecule has 4 heterocycles. The maximum absolute atomic E-state index is 12.6. The quantitative estimate of drug-likeness (QED) is 0.919. The molecule has 5 heteroatoms. The lowest BCUT2D eigenvalue weighted by Gasteiger charge is -2.44. The minimum absolute atomic E-state index is 0.0585. The molecule has 1 aromatic rings. The van der Waals surface area contributed by atoms with Crippen LogP contribution in [0.5, 0.6) is 0 Å². The fourth-order valence-electron chi connectivity index (χ4n) is 3.43. The van der Waals surface area contributed by atoms with Crippen molar-refractivity contribution in [3.05, 3.63) is 22.4 Å². The van der Waals surface area contributed by atoms with Gasteiger partial charge in [-0.1, -0.05) is 0 Å². The van der Waals surface area contributed by atoms with Crippen molar-refractivity contribution in [2.75, 3.05) is 19.6 Å². The van der Waals surface area contributed by atoms with Gasteiger partial charge in [0.05, 0.1) is 0 Å². The van der Waals surface area contributed by atoms with E-state index in [1.54, 1.807) is 0 Å². The van der Waals surface area contributed by atoms with Gasteiger partial charge in [-0.05, 0) is 67.7 Å². The van der Waals surface area contributed by atoms with Gasteiger partial charge < -0.3 is 14.8 Å². The largest absolute Gasteiger partial charge is 0.346 e. The fraction of sp³-hybridized carbons (Fsp3) is 0.667. The summed E-state index contributed by atoms with van der Waals surface area (Å²) in [6.45, 7) is 7.60. The van der Waals surface area contributed by atoms with Crippen LogP contribution in [-0.2, 0) is 0 Å². The van der Waals surface area contributed by atoms with Crippen molar-refractivity contribution >= 4 is 21.8 Å². The molecule has 0 aliphatic carbocycles. The van der Waals surface area contributed by atoms with Gasteiger partial charge in [-0.2, -0.15) is 0 Å². The highest BCUT2D eigenvalue weighted by atomic mass is 79.9. The Labute approximate surface area is 128 Å². The summed E-state index contributed by atoms with van der Waals surface area (Å²) in [5.74, 6) is 0.720. The van der Waals surface area contributed by atoms with E-state index >= 15 is 0 Å². The predicted molar refractivity (Wildman–Crippen MR) is 82.9 cm³/mol. The van der Waals surface area contributed by atoms with Gasteiger partial charge in [-0.15, -0.1) is 0 Å². The first-order valence-electron chi connectivity index (χ1n) is 7.45. The summed E-state index contributed by atoms with van der Waals surface area (Å²) in [5.41, 5.74) is 0.753. The highest BCUT2D eigenvalue weighted by Crippen LogP contribution is 2.28. The van der Waals surface area contributed by atoms with Crippen molar-refractivity contribution in [3.8, 4) is 0 Å². The number of piperidine rings is 3. The van der Waals surface area contributed by atoms with Crippen LogP contribution in [0, 0.1) is 5.92 Å². The van der Waals surface area contributed by atoms with Crippen LogP contribution in [0.1, 0.15) is 43.2 Å². The van der Waals surface area contributed by atoms with Gasteiger partial charge in [0.25, 0.3) is 5.91 Å². The normalized spacial score (nSPS) is 28.9. The van der Waals surface area contributed by atoms with Gasteiger partial charge in [0.2, 0.25) is 0 Å². The summed E-state index contributed by atoms with van der Waals surface area (Å²) in [7, 11) is 0. The topological polar surface area (TPSA) is 37.3 Å². The van der Waals surface area contributed by atoms with Gasteiger partial charge in [0.1, 0.15) is 5.69 Å². The number of amides is 1. The lowest BCUT2D eigenvalue weighted by atomic mass is 9.84. The molecule has 0 saturated carbocycles. The van der Waals surface area contributed by atoms with Crippen LogP contribution in [0.25, 0.3) is 0 Å². The molecule has 2 bridgehead atoms. The molecule has 20 heavy (non-hydrogen) atoms. The Bertz CT molecular complexity index is 503. The number of nitrogens with zero attached hydrogens (tertiary/aromatic N) is 2. The predicted octanol–water partition coefficient (Wildman–Crippen LogP) is 2.66. The summed E-state index contributed by atoms with van der Waals surface area (Å²) >= 11 is 3.47. The number of hydrogen-bond acceptors (Lipinski definition) is 2. The van der Waals surface area contributed by atoms with E-state index in [4.69, 9.17) is 0 Å². The van der Waals surface area contributed by atoms with Crippen molar-refractivity contribution < 1.29 is 4.79 Å². The molecule has 0 spiro atoms. The van der Waals surface area contributed by atoms with E-state index in [1.807, 2.05) is 16.8 Å². The summed E-state index contributed by atoms with van der Waals surface area (Å²) in [6, 6.07) is 2.52. The second kappa shape index (κ2) is 5.53. The number of carbonyl (C=O) groups is 1. The zero-order chi connectivity index (χ0) is 14.3. The van der Waals surface area contributed by atoms with Gasteiger partial charge in [0.15, 0.2) is 0 Å². The molecule has 1 N–H and O–H groups in total. The summed E-state index contributed by atoms with van der Waals surface area (Å²) in [6.07, 6.45) is 4.43. The molecule has 1 unspecified atom stereocenters. The maximum Gasteiger partial charge on any atom is 0.268 e. The van der Waals surface area contributed by atoms with E-state index in [9.17, 15) is 4.79 Å². The minimum Gasteiger partial charge on any atom is -0.346 e. The summed E-state index contributed by atoms with van der Waals surface area (Å²) < 4.78 is 2.99. The third kappa shape index (κ3) is 2.66. The van der Waals surface area contributed by atoms with Crippen LogP contribution in [0.4, 0.5) is 0 Å². The monoisotopic (exact) mass is 339 g/mol. The highest BCUT2D eigenvalue weighted by molar-refractivity contribution is 9.10. The Kier molecular flexibility index (Phi) is 3.91. The molecule has 3 aliphatic rings. The third-order valence-electron chi connectivity index (χ3n) is 4.58. The first kappa shape index (κ1) is 14.1. The molecule has 4 rings (SSSR count). The lowest BCUT2D eigenvalue weighted by molar-refractivity contribution is 0.0615. The minimum atomic E-state index is 0.0585. The Hall–Kier alpha value is -0.810. The van der Waals surface area contributed by atoms with Crippen LogP contribution in [0.3, 0.4) is 0 Å². The second-order valence-electron chi connectivity index (χ2n) is 6.26. The highest BCUT2D eigenvalue weighted by Gasteiger charge is 2.35. The van der Waals surface area contributed by atoms with Crippen molar-refractivity contribution in [1.82, 2.24) is 14.8 Å². The van der Waals surface area contributed by atoms with E-state index in [2.05, 4.69) is 40.0 Å². The van der Waals surface area contributed by atoms with Crippen molar-refractivity contribution in [2.24, 2.45) is 5.92 Å². The van der Waals surface area contributed by atoms with Crippen molar-refractivity contribution in [3.63, 3.8) is 0 Å². The molecule has 1 amide bonds. The van der Waals surface area contributed by atoms with Crippen LogP contribution in [0.2, 0.25) is 0 Å². The Balaban J connectivity index is 1.73.